The molecule has 0 spiro atoms. The predicted molar refractivity (Wildman–Crippen MR) is 75.6 cm³/mol. The van der Waals surface area contributed by atoms with Crippen molar-refractivity contribution >= 4 is 17.7 Å². The van der Waals surface area contributed by atoms with Gasteiger partial charge in [0, 0.05) is 18.7 Å². The van der Waals surface area contributed by atoms with Gasteiger partial charge in [0.2, 0.25) is 5.91 Å². The lowest BCUT2D eigenvalue weighted by Gasteiger charge is -2.19. The first kappa shape index (κ1) is 16.2. The second-order valence-corrected chi connectivity index (χ2v) is 4.82. The van der Waals surface area contributed by atoms with Crippen LogP contribution in [-0.2, 0) is 9.59 Å². The van der Waals surface area contributed by atoms with E-state index in [1.54, 1.807) is 21.8 Å². The van der Waals surface area contributed by atoms with Gasteiger partial charge in [0.1, 0.15) is 5.82 Å². The number of hydrogen-bond donors (Lipinski definition) is 2. The summed E-state index contributed by atoms with van der Waals surface area (Å²) in [5.41, 5.74) is 0. The molecule has 7 heteroatoms. The summed E-state index contributed by atoms with van der Waals surface area (Å²) in [5.74, 6) is -0.374. The third kappa shape index (κ3) is 5.00. The molecule has 0 fully saturated rings. The van der Waals surface area contributed by atoms with E-state index in [2.05, 4.69) is 10.4 Å². The molecule has 7 nitrogen and oxygen atoms in total. The molecule has 2 N–H and O–H groups in total. The van der Waals surface area contributed by atoms with Crippen molar-refractivity contribution in [2.45, 2.75) is 33.2 Å². The van der Waals surface area contributed by atoms with Gasteiger partial charge >= 0.3 is 5.97 Å². The first-order chi connectivity index (χ1) is 9.43. The van der Waals surface area contributed by atoms with Crippen LogP contribution in [0.15, 0.2) is 12.3 Å². The maximum atomic E-state index is 12.0. The molecule has 0 unspecified atom stereocenters. The number of likely N-dealkylation sites (N-methyl/N-ethyl adjacent to an activating group) is 1. The van der Waals surface area contributed by atoms with Crippen molar-refractivity contribution in [3.05, 3.63) is 12.3 Å². The van der Waals surface area contributed by atoms with Crippen LogP contribution in [0, 0.1) is 0 Å². The lowest BCUT2D eigenvalue weighted by molar-refractivity contribution is -0.137. The van der Waals surface area contributed by atoms with Crippen LogP contribution >= 0.6 is 0 Å². The average Bonchev–Trinajstić information content (AvgIpc) is 2.82. The minimum absolute atomic E-state index is 0.0328. The van der Waals surface area contributed by atoms with Crippen molar-refractivity contribution in [2.75, 3.05) is 25.0 Å². The summed E-state index contributed by atoms with van der Waals surface area (Å²) in [5, 5.41) is 15.6. The summed E-state index contributed by atoms with van der Waals surface area (Å²) in [7, 11) is 0. The van der Waals surface area contributed by atoms with E-state index in [9.17, 15) is 9.59 Å². The Bertz CT molecular complexity index is 456. The number of carboxylic acid groups (broad SMARTS) is 1. The fraction of sp³-hybridized carbons (Fsp3) is 0.615. The molecule has 0 aromatic carbocycles. The molecule has 0 bridgehead atoms. The standard InChI is InChI=1S/C13H22N4O3/c1-4-16(8-6-13(19)20)9-12(18)15-11-5-7-14-17(11)10(2)3/h5,7,10H,4,6,8-9H2,1-3H3,(H,15,18)(H,19,20). The van der Waals surface area contributed by atoms with Crippen molar-refractivity contribution in [3.8, 4) is 0 Å². The van der Waals surface area contributed by atoms with Crippen LogP contribution in [0.25, 0.3) is 0 Å². The van der Waals surface area contributed by atoms with Crippen LogP contribution in [-0.4, -0.2) is 51.3 Å². The molecule has 0 saturated carbocycles. The van der Waals surface area contributed by atoms with E-state index in [0.717, 1.165) is 0 Å². The van der Waals surface area contributed by atoms with Gasteiger partial charge in [0.05, 0.1) is 19.2 Å². The van der Waals surface area contributed by atoms with Crippen molar-refractivity contribution in [1.29, 1.82) is 0 Å². The lowest BCUT2D eigenvalue weighted by Crippen LogP contribution is -2.35. The molecule has 1 heterocycles. The Morgan fingerprint density at radius 3 is 2.75 bits per heavy atom. The Labute approximate surface area is 118 Å². The molecule has 0 aliphatic heterocycles. The zero-order chi connectivity index (χ0) is 15.1. The van der Waals surface area contributed by atoms with Crippen LogP contribution in [0.5, 0.6) is 0 Å². The number of carboxylic acids is 1. The fourth-order valence-corrected chi connectivity index (χ4v) is 1.81. The SMILES string of the molecule is CCN(CCC(=O)O)CC(=O)Nc1ccnn1C(C)C. The van der Waals surface area contributed by atoms with Crippen LogP contribution in [0.4, 0.5) is 5.82 Å². The van der Waals surface area contributed by atoms with E-state index < -0.39 is 5.97 Å². The minimum Gasteiger partial charge on any atom is -0.481 e. The van der Waals surface area contributed by atoms with Gasteiger partial charge in [-0.25, -0.2) is 4.68 Å². The number of amides is 1. The van der Waals surface area contributed by atoms with E-state index >= 15 is 0 Å². The molecule has 1 amide bonds. The highest BCUT2D eigenvalue weighted by atomic mass is 16.4. The normalized spacial score (nSPS) is 11.1. The number of nitrogens with zero attached hydrogens (tertiary/aromatic N) is 3. The number of anilines is 1. The predicted octanol–water partition coefficient (Wildman–Crippen LogP) is 1.20. The van der Waals surface area contributed by atoms with Gasteiger partial charge in [-0.2, -0.15) is 5.10 Å². The number of hydrogen-bond acceptors (Lipinski definition) is 4. The second-order valence-electron chi connectivity index (χ2n) is 4.82. The summed E-state index contributed by atoms with van der Waals surface area (Å²) in [6.45, 7) is 7.02. The maximum Gasteiger partial charge on any atom is 0.304 e. The van der Waals surface area contributed by atoms with Gasteiger partial charge in [0.25, 0.3) is 0 Å². The Balaban J connectivity index is 2.53. The highest BCUT2D eigenvalue weighted by Crippen LogP contribution is 2.12. The van der Waals surface area contributed by atoms with Crippen molar-refractivity contribution in [2.24, 2.45) is 0 Å². The number of carbonyl (C=O) groups is 2. The zero-order valence-electron chi connectivity index (χ0n) is 12.2. The quantitative estimate of drug-likeness (QED) is 0.748. The minimum atomic E-state index is -0.859. The Morgan fingerprint density at radius 1 is 1.50 bits per heavy atom. The summed E-state index contributed by atoms with van der Waals surface area (Å²) in [6, 6.07) is 1.90. The largest absolute Gasteiger partial charge is 0.481 e. The third-order valence-corrected chi connectivity index (χ3v) is 2.88. The molecule has 112 valence electrons. The van der Waals surface area contributed by atoms with Gasteiger partial charge in [-0.15, -0.1) is 0 Å². The van der Waals surface area contributed by atoms with E-state index in [1.807, 2.05) is 20.8 Å². The van der Waals surface area contributed by atoms with Gasteiger partial charge in [-0.3, -0.25) is 14.5 Å². The number of rotatable bonds is 8. The van der Waals surface area contributed by atoms with E-state index in [1.165, 1.54) is 0 Å². The number of nitrogens with one attached hydrogen (secondary N) is 1. The molecule has 1 aromatic rings. The summed E-state index contributed by atoms with van der Waals surface area (Å²) < 4.78 is 1.73. The zero-order valence-corrected chi connectivity index (χ0v) is 12.2. The summed E-state index contributed by atoms with van der Waals surface area (Å²) in [6.07, 6.45) is 1.67. The van der Waals surface area contributed by atoms with E-state index in [4.69, 9.17) is 5.11 Å². The average molecular weight is 282 g/mol. The Kier molecular flexibility index (Phi) is 6.17. The van der Waals surface area contributed by atoms with Crippen molar-refractivity contribution in [1.82, 2.24) is 14.7 Å². The van der Waals surface area contributed by atoms with Gasteiger partial charge in [-0.05, 0) is 20.4 Å². The lowest BCUT2D eigenvalue weighted by atomic mass is 10.3. The first-order valence-electron chi connectivity index (χ1n) is 6.71. The summed E-state index contributed by atoms with van der Waals surface area (Å²) in [4.78, 5) is 24.3. The van der Waals surface area contributed by atoms with Crippen molar-refractivity contribution < 1.29 is 14.7 Å². The number of aliphatic carboxylic acids is 1. The van der Waals surface area contributed by atoms with E-state index in [-0.39, 0.29) is 24.9 Å². The van der Waals surface area contributed by atoms with Crippen molar-refractivity contribution in [3.63, 3.8) is 0 Å². The molecule has 0 atom stereocenters. The molecule has 0 saturated heterocycles. The van der Waals surface area contributed by atoms with Crippen LogP contribution in [0.3, 0.4) is 0 Å². The Hall–Kier alpha value is -1.89. The molecule has 1 aromatic heterocycles. The number of aromatic nitrogens is 2. The van der Waals surface area contributed by atoms with E-state index in [0.29, 0.717) is 18.9 Å². The van der Waals surface area contributed by atoms with Gasteiger partial charge in [0.15, 0.2) is 0 Å². The first-order valence-corrected chi connectivity index (χ1v) is 6.71. The molecular formula is C13H22N4O3. The Morgan fingerprint density at radius 2 is 2.20 bits per heavy atom. The number of carbonyl (C=O) groups excluding carboxylic acids is 1. The highest BCUT2D eigenvalue weighted by molar-refractivity contribution is 5.91. The van der Waals surface area contributed by atoms with Gasteiger partial charge in [-0.1, -0.05) is 6.92 Å². The van der Waals surface area contributed by atoms with Crippen LogP contribution in [0.1, 0.15) is 33.2 Å². The third-order valence-electron chi connectivity index (χ3n) is 2.88. The molecule has 20 heavy (non-hydrogen) atoms. The van der Waals surface area contributed by atoms with Crippen LogP contribution in [0.2, 0.25) is 0 Å². The maximum absolute atomic E-state index is 12.0. The summed E-state index contributed by atoms with van der Waals surface area (Å²) >= 11 is 0. The second kappa shape index (κ2) is 7.64. The monoisotopic (exact) mass is 282 g/mol. The fourth-order valence-electron chi connectivity index (χ4n) is 1.81. The molecule has 0 radical (unpaired) electrons. The molecule has 0 aliphatic carbocycles. The topological polar surface area (TPSA) is 87.5 Å². The highest BCUT2D eigenvalue weighted by Gasteiger charge is 2.13. The van der Waals surface area contributed by atoms with Gasteiger partial charge < -0.3 is 10.4 Å². The molecular weight excluding hydrogens is 260 g/mol. The molecule has 0 aliphatic rings. The van der Waals surface area contributed by atoms with Crippen LogP contribution < -0.4 is 5.32 Å². The molecule has 1 rings (SSSR count). The smallest absolute Gasteiger partial charge is 0.304 e.